The van der Waals surface area contributed by atoms with Crippen LogP contribution in [0.25, 0.3) is 0 Å². The maximum Gasteiger partial charge on any atom is 0.268 e. The van der Waals surface area contributed by atoms with Gasteiger partial charge in [0.05, 0.1) is 17.8 Å². The van der Waals surface area contributed by atoms with E-state index in [0.717, 1.165) is 10.0 Å². The van der Waals surface area contributed by atoms with Crippen LogP contribution in [0.1, 0.15) is 22.8 Å². The summed E-state index contributed by atoms with van der Waals surface area (Å²) in [6, 6.07) is 22.4. The third-order valence-corrected chi connectivity index (χ3v) is 5.42. The lowest BCUT2D eigenvalue weighted by Crippen LogP contribution is -2.44. The Hall–Kier alpha value is -3.12. The Labute approximate surface area is 177 Å². The summed E-state index contributed by atoms with van der Waals surface area (Å²) >= 11 is 3.39. The van der Waals surface area contributed by atoms with Gasteiger partial charge in [-0.3, -0.25) is 9.59 Å². The van der Waals surface area contributed by atoms with E-state index >= 15 is 0 Å². The van der Waals surface area contributed by atoms with Crippen molar-refractivity contribution >= 4 is 39.1 Å². The van der Waals surface area contributed by atoms with Gasteiger partial charge in [-0.05, 0) is 52.7 Å². The first kappa shape index (κ1) is 19.2. The lowest BCUT2D eigenvalue weighted by atomic mass is 10.1. The van der Waals surface area contributed by atoms with Crippen LogP contribution in [0.5, 0.6) is 5.75 Å². The highest BCUT2D eigenvalue weighted by molar-refractivity contribution is 9.10. The monoisotopic (exact) mass is 450 g/mol. The Morgan fingerprint density at radius 2 is 1.79 bits per heavy atom. The molecule has 0 saturated carbocycles. The third-order valence-electron chi connectivity index (χ3n) is 4.73. The summed E-state index contributed by atoms with van der Waals surface area (Å²) in [7, 11) is 0. The number of anilines is 2. The van der Waals surface area contributed by atoms with E-state index in [4.69, 9.17) is 4.74 Å². The number of nitrogens with one attached hydrogen (secondary N) is 1. The lowest BCUT2D eigenvalue weighted by molar-refractivity contribution is -0.125. The van der Waals surface area contributed by atoms with Crippen molar-refractivity contribution < 1.29 is 14.3 Å². The fourth-order valence-corrected chi connectivity index (χ4v) is 3.73. The Morgan fingerprint density at radius 3 is 2.55 bits per heavy atom. The molecule has 0 bridgehead atoms. The molecule has 1 atom stereocenters. The maximum absolute atomic E-state index is 12.7. The minimum absolute atomic E-state index is 0.0913. The van der Waals surface area contributed by atoms with Crippen LogP contribution < -0.4 is 15.0 Å². The van der Waals surface area contributed by atoms with Crippen molar-refractivity contribution in [3.05, 3.63) is 88.4 Å². The first-order chi connectivity index (χ1) is 14.0. The number of hydrogen-bond donors (Lipinski definition) is 1. The van der Waals surface area contributed by atoms with Crippen molar-refractivity contribution in [2.75, 3.05) is 10.2 Å². The van der Waals surface area contributed by atoms with E-state index < -0.39 is 6.10 Å². The number of nitrogens with zero attached hydrogens (tertiary/aromatic N) is 1. The highest BCUT2D eigenvalue weighted by Gasteiger charge is 2.31. The van der Waals surface area contributed by atoms with Gasteiger partial charge >= 0.3 is 0 Å². The summed E-state index contributed by atoms with van der Waals surface area (Å²) in [5.41, 5.74) is 2.87. The second kappa shape index (κ2) is 8.09. The molecule has 0 saturated heterocycles. The van der Waals surface area contributed by atoms with Crippen molar-refractivity contribution in [3.63, 3.8) is 0 Å². The highest BCUT2D eigenvalue weighted by atomic mass is 79.9. The number of carbonyl (C=O) groups excluding carboxylic acids is 2. The largest absolute Gasteiger partial charge is 0.479 e. The van der Waals surface area contributed by atoms with Gasteiger partial charge in [0.15, 0.2) is 6.10 Å². The molecule has 5 nitrogen and oxygen atoms in total. The topological polar surface area (TPSA) is 58.6 Å². The van der Waals surface area contributed by atoms with E-state index in [-0.39, 0.29) is 11.8 Å². The second-order valence-corrected chi connectivity index (χ2v) is 7.64. The summed E-state index contributed by atoms with van der Waals surface area (Å²) < 4.78 is 6.53. The quantitative estimate of drug-likeness (QED) is 0.607. The maximum atomic E-state index is 12.7. The predicted molar refractivity (Wildman–Crippen MR) is 116 cm³/mol. The standard InChI is InChI=1S/C23H19BrN2O3/c1-15-23(28)26(14-16-7-3-2-4-8-16)20-12-11-17(13-21(20)29-15)25-22(27)18-9-5-6-10-19(18)24/h2-13,15H,14H2,1H3,(H,25,27). The number of fused-ring (bicyclic) bond motifs is 1. The molecule has 2 amide bonds. The Bertz CT molecular complexity index is 1070. The summed E-state index contributed by atoms with van der Waals surface area (Å²) in [5.74, 6) is 0.253. The molecule has 0 radical (unpaired) electrons. The van der Waals surface area contributed by atoms with E-state index in [1.807, 2.05) is 48.5 Å². The molecule has 0 aromatic heterocycles. The fraction of sp³-hybridized carbons (Fsp3) is 0.130. The van der Waals surface area contributed by atoms with Crippen LogP contribution in [0.15, 0.2) is 77.3 Å². The summed E-state index contributed by atoms with van der Waals surface area (Å²) in [6.07, 6.45) is -0.597. The minimum atomic E-state index is -0.597. The smallest absolute Gasteiger partial charge is 0.268 e. The number of ether oxygens (including phenoxy) is 1. The number of halogens is 1. The molecule has 1 aliphatic rings. The number of carbonyl (C=O) groups is 2. The van der Waals surface area contributed by atoms with Crippen LogP contribution in [0, 0.1) is 0 Å². The fourth-order valence-electron chi connectivity index (χ4n) is 3.26. The minimum Gasteiger partial charge on any atom is -0.479 e. The third kappa shape index (κ3) is 4.03. The van der Waals surface area contributed by atoms with Gasteiger partial charge in [-0.15, -0.1) is 0 Å². The molecular formula is C23H19BrN2O3. The van der Waals surface area contributed by atoms with Gasteiger partial charge in [-0.25, -0.2) is 0 Å². The van der Waals surface area contributed by atoms with Crippen LogP contribution in [-0.2, 0) is 11.3 Å². The summed E-state index contributed by atoms with van der Waals surface area (Å²) in [5, 5.41) is 2.89. The molecule has 0 fully saturated rings. The van der Waals surface area contributed by atoms with E-state index in [9.17, 15) is 9.59 Å². The van der Waals surface area contributed by atoms with E-state index in [1.165, 1.54) is 0 Å². The number of rotatable bonds is 4. The van der Waals surface area contributed by atoms with Gasteiger partial charge in [0.2, 0.25) is 0 Å². The Kier molecular flexibility index (Phi) is 5.36. The zero-order chi connectivity index (χ0) is 20.4. The van der Waals surface area contributed by atoms with Gasteiger partial charge in [0.25, 0.3) is 11.8 Å². The number of benzene rings is 3. The van der Waals surface area contributed by atoms with Crippen molar-refractivity contribution in [2.45, 2.75) is 19.6 Å². The van der Waals surface area contributed by atoms with Gasteiger partial charge in [0.1, 0.15) is 5.75 Å². The highest BCUT2D eigenvalue weighted by Crippen LogP contribution is 2.37. The number of hydrogen-bond acceptors (Lipinski definition) is 3. The second-order valence-electron chi connectivity index (χ2n) is 6.79. The van der Waals surface area contributed by atoms with Gasteiger partial charge in [-0.1, -0.05) is 42.5 Å². The summed E-state index contributed by atoms with van der Waals surface area (Å²) in [6.45, 7) is 2.19. The van der Waals surface area contributed by atoms with Crippen LogP contribution in [0.3, 0.4) is 0 Å². The summed E-state index contributed by atoms with van der Waals surface area (Å²) in [4.78, 5) is 27.0. The van der Waals surface area contributed by atoms with E-state index in [2.05, 4.69) is 21.2 Å². The van der Waals surface area contributed by atoms with E-state index in [0.29, 0.717) is 29.2 Å². The van der Waals surface area contributed by atoms with Crippen LogP contribution in [0.2, 0.25) is 0 Å². The molecule has 4 rings (SSSR count). The molecule has 1 N–H and O–H groups in total. The molecule has 0 aliphatic carbocycles. The molecule has 1 unspecified atom stereocenters. The molecule has 6 heteroatoms. The Morgan fingerprint density at radius 1 is 1.07 bits per heavy atom. The van der Waals surface area contributed by atoms with Crippen LogP contribution in [0.4, 0.5) is 11.4 Å². The molecule has 29 heavy (non-hydrogen) atoms. The Balaban J connectivity index is 1.60. The molecular weight excluding hydrogens is 432 g/mol. The average molecular weight is 451 g/mol. The van der Waals surface area contributed by atoms with E-state index in [1.54, 1.807) is 36.1 Å². The van der Waals surface area contributed by atoms with Gasteiger partial charge < -0.3 is 15.0 Å². The molecule has 1 heterocycles. The first-order valence-corrected chi connectivity index (χ1v) is 10.0. The molecule has 3 aromatic carbocycles. The normalized spacial score (nSPS) is 15.4. The van der Waals surface area contributed by atoms with Crippen molar-refractivity contribution in [1.29, 1.82) is 0 Å². The van der Waals surface area contributed by atoms with Crippen molar-refractivity contribution in [3.8, 4) is 5.75 Å². The SMILES string of the molecule is CC1Oc2cc(NC(=O)c3ccccc3Br)ccc2N(Cc2ccccc2)C1=O. The predicted octanol–water partition coefficient (Wildman–Crippen LogP) is 5.02. The van der Waals surface area contributed by atoms with Crippen LogP contribution in [-0.4, -0.2) is 17.9 Å². The lowest BCUT2D eigenvalue weighted by Gasteiger charge is -2.33. The zero-order valence-corrected chi connectivity index (χ0v) is 17.3. The average Bonchev–Trinajstić information content (AvgIpc) is 2.72. The van der Waals surface area contributed by atoms with Gasteiger partial charge in [0, 0.05) is 16.2 Å². The molecule has 3 aromatic rings. The van der Waals surface area contributed by atoms with Gasteiger partial charge in [-0.2, -0.15) is 0 Å². The van der Waals surface area contributed by atoms with Crippen molar-refractivity contribution in [1.82, 2.24) is 0 Å². The molecule has 146 valence electrons. The zero-order valence-electron chi connectivity index (χ0n) is 15.8. The molecule has 0 spiro atoms. The molecule has 1 aliphatic heterocycles. The first-order valence-electron chi connectivity index (χ1n) is 9.25. The number of amides is 2. The van der Waals surface area contributed by atoms with Crippen LogP contribution >= 0.6 is 15.9 Å². The van der Waals surface area contributed by atoms with Crippen molar-refractivity contribution in [2.24, 2.45) is 0 Å².